The Labute approximate surface area is 128 Å². The van der Waals surface area contributed by atoms with Crippen molar-refractivity contribution < 1.29 is 9.32 Å². The molecule has 0 aliphatic rings. The van der Waals surface area contributed by atoms with E-state index in [1.165, 1.54) is 0 Å². The standard InChI is InChI=1S/C16H16N4O2/c1-19-9-3-4-15(19)16(21)20(2)11-13-10-14(18-22-13)12-5-7-17-8-6-12/h3-10H,11H2,1-2H3. The molecule has 0 radical (unpaired) electrons. The third-order valence-electron chi connectivity index (χ3n) is 3.44. The zero-order valence-electron chi connectivity index (χ0n) is 12.4. The van der Waals surface area contributed by atoms with Gasteiger partial charge in [-0.2, -0.15) is 0 Å². The molecule has 0 aliphatic carbocycles. The maximum absolute atomic E-state index is 12.3. The van der Waals surface area contributed by atoms with E-state index in [-0.39, 0.29) is 5.91 Å². The molecule has 0 aliphatic heterocycles. The molecule has 0 saturated heterocycles. The zero-order valence-corrected chi connectivity index (χ0v) is 12.4. The van der Waals surface area contributed by atoms with Crippen molar-refractivity contribution >= 4 is 5.91 Å². The lowest BCUT2D eigenvalue weighted by atomic mass is 10.2. The molecule has 6 nitrogen and oxygen atoms in total. The maximum atomic E-state index is 12.3. The largest absolute Gasteiger partial charge is 0.359 e. The van der Waals surface area contributed by atoms with Gasteiger partial charge in [0.05, 0.1) is 6.54 Å². The SMILES string of the molecule is CN(Cc1cc(-c2ccncc2)no1)C(=O)c1cccn1C. The van der Waals surface area contributed by atoms with E-state index in [4.69, 9.17) is 4.52 Å². The smallest absolute Gasteiger partial charge is 0.270 e. The van der Waals surface area contributed by atoms with E-state index in [9.17, 15) is 4.79 Å². The molecule has 3 aromatic rings. The summed E-state index contributed by atoms with van der Waals surface area (Å²) in [4.78, 5) is 17.9. The highest BCUT2D eigenvalue weighted by atomic mass is 16.5. The van der Waals surface area contributed by atoms with Gasteiger partial charge in [0.2, 0.25) is 0 Å². The van der Waals surface area contributed by atoms with Gasteiger partial charge in [0.15, 0.2) is 5.76 Å². The predicted octanol–water partition coefficient (Wildman–Crippen LogP) is 2.35. The van der Waals surface area contributed by atoms with Crippen molar-refractivity contribution in [1.29, 1.82) is 0 Å². The minimum absolute atomic E-state index is 0.0608. The van der Waals surface area contributed by atoms with Crippen LogP contribution in [0.2, 0.25) is 0 Å². The van der Waals surface area contributed by atoms with Gasteiger partial charge in [-0.25, -0.2) is 0 Å². The van der Waals surface area contributed by atoms with Gasteiger partial charge in [0.25, 0.3) is 5.91 Å². The molecule has 112 valence electrons. The number of carbonyl (C=O) groups excluding carboxylic acids is 1. The lowest BCUT2D eigenvalue weighted by molar-refractivity contribution is 0.0763. The Balaban J connectivity index is 1.73. The van der Waals surface area contributed by atoms with Gasteiger partial charge in [-0.3, -0.25) is 9.78 Å². The van der Waals surface area contributed by atoms with Crippen molar-refractivity contribution in [2.75, 3.05) is 7.05 Å². The van der Waals surface area contributed by atoms with Crippen molar-refractivity contribution in [1.82, 2.24) is 19.6 Å². The van der Waals surface area contributed by atoms with Crippen LogP contribution in [0.4, 0.5) is 0 Å². The molecule has 3 rings (SSSR count). The summed E-state index contributed by atoms with van der Waals surface area (Å²) < 4.78 is 7.11. The van der Waals surface area contributed by atoms with E-state index in [2.05, 4.69) is 10.1 Å². The Hall–Kier alpha value is -2.89. The molecule has 0 aromatic carbocycles. The van der Waals surface area contributed by atoms with E-state index < -0.39 is 0 Å². The number of pyridine rings is 1. The number of amides is 1. The second-order valence-electron chi connectivity index (χ2n) is 5.08. The minimum atomic E-state index is -0.0608. The molecule has 0 atom stereocenters. The highest BCUT2D eigenvalue weighted by Crippen LogP contribution is 2.19. The second-order valence-corrected chi connectivity index (χ2v) is 5.08. The fourth-order valence-corrected chi connectivity index (χ4v) is 2.23. The molecule has 0 bridgehead atoms. The van der Waals surface area contributed by atoms with E-state index in [0.29, 0.717) is 18.0 Å². The molecule has 3 aromatic heterocycles. The second kappa shape index (κ2) is 5.85. The molecule has 0 fully saturated rings. The number of hydrogen-bond acceptors (Lipinski definition) is 4. The molecule has 0 unspecified atom stereocenters. The summed E-state index contributed by atoms with van der Waals surface area (Å²) in [5, 5.41) is 4.03. The number of aromatic nitrogens is 3. The van der Waals surface area contributed by atoms with Crippen molar-refractivity contribution in [2.45, 2.75) is 6.54 Å². The first-order chi connectivity index (χ1) is 10.6. The van der Waals surface area contributed by atoms with Gasteiger partial charge in [0, 0.05) is 44.3 Å². The normalized spacial score (nSPS) is 10.6. The lowest BCUT2D eigenvalue weighted by Crippen LogP contribution is -2.27. The Morgan fingerprint density at radius 1 is 1.32 bits per heavy atom. The molecule has 0 N–H and O–H groups in total. The van der Waals surface area contributed by atoms with Crippen molar-refractivity contribution in [3.63, 3.8) is 0 Å². The predicted molar refractivity (Wildman–Crippen MR) is 80.9 cm³/mol. The highest BCUT2D eigenvalue weighted by molar-refractivity contribution is 5.92. The summed E-state index contributed by atoms with van der Waals surface area (Å²) in [5.41, 5.74) is 2.30. The number of rotatable bonds is 4. The third kappa shape index (κ3) is 2.76. The average molecular weight is 296 g/mol. The summed E-state index contributed by atoms with van der Waals surface area (Å²) in [7, 11) is 3.58. The van der Waals surface area contributed by atoms with Crippen LogP contribution >= 0.6 is 0 Å². The van der Waals surface area contributed by atoms with E-state index in [1.807, 2.05) is 37.5 Å². The third-order valence-corrected chi connectivity index (χ3v) is 3.44. The van der Waals surface area contributed by atoms with Gasteiger partial charge < -0.3 is 14.0 Å². The first-order valence-corrected chi connectivity index (χ1v) is 6.88. The molecular weight excluding hydrogens is 280 g/mol. The van der Waals surface area contributed by atoms with E-state index in [1.54, 1.807) is 35.0 Å². The fourth-order valence-electron chi connectivity index (χ4n) is 2.23. The summed E-state index contributed by atoms with van der Waals surface area (Å²) in [6.07, 6.45) is 5.25. The van der Waals surface area contributed by atoms with Gasteiger partial charge in [-0.1, -0.05) is 5.16 Å². The zero-order chi connectivity index (χ0) is 15.5. The quantitative estimate of drug-likeness (QED) is 0.741. The van der Waals surface area contributed by atoms with Crippen molar-refractivity contribution in [2.24, 2.45) is 7.05 Å². The molecule has 0 spiro atoms. The van der Waals surface area contributed by atoms with Crippen molar-refractivity contribution in [3.8, 4) is 11.3 Å². The molecular formula is C16H16N4O2. The van der Waals surface area contributed by atoms with Crippen LogP contribution in [0, 0.1) is 0 Å². The summed E-state index contributed by atoms with van der Waals surface area (Å²) in [5.74, 6) is 0.575. The summed E-state index contributed by atoms with van der Waals surface area (Å²) >= 11 is 0. The minimum Gasteiger partial charge on any atom is -0.359 e. The number of hydrogen-bond donors (Lipinski definition) is 0. The number of aryl methyl sites for hydroxylation is 1. The van der Waals surface area contributed by atoms with Gasteiger partial charge >= 0.3 is 0 Å². The topological polar surface area (TPSA) is 64.2 Å². The maximum Gasteiger partial charge on any atom is 0.270 e. The van der Waals surface area contributed by atoms with Crippen LogP contribution in [-0.2, 0) is 13.6 Å². The number of nitrogens with zero attached hydrogens (tertiary/aromatic N) is 4. The van der Waals surface area contributed by atoms with Gasteiger partial charge in [-0.15, -0.1) is 0 Å². The Kier molecular flexibility index (Phi) is 3.74. The van der Waals surface area contributed by atoms with E-state index >= 15 is 0 Å². The van der Waals surface area contributed by atoms with Crippen LogP contribution in [0.15, 0.2) is 53.4 Å². The molecule has 6 heteroatoms. The first kappa shape index (κ1) is 14.1. The van der Waals surface area contributed by atoms with Crippen LogP contribution in [0.1, 0.15) is 16.2 Å². The molecule has 3 heterocycles. The van der Waals surface area contributed by atoms with Gasteiger partial charge in [-0.05, 0) is 24.3 Å². The van der Waals surface area contributed by atoms with Crippen LogP contribution in [0.25, 0.3) is 11.3 Å². The molecule has 22 heavy (non-hydrogen) atoms. The summed E-state index contributed by atoms with van der Waals surface area (Å²) in [6, 6.07) is 9.20. The first-order valence-electron chi connectivity index (χ1n) is 6.88. The van der Waals surface area contributed by atoms with Gasteiger partial charge in [0.1, 0.15) is 11.4 Å². The Morgan fingerprint density at radius 2 is 2.09 bits per heavy atom. The average Bonchev–Trinajstić information content (AvgIpc) is 3.16. The van der Waals surface area contributed by atoms with E-state index in [0.717, 1.165) is 11.3 Å². The number of carbonyl (C=O) groups is 1. The van der Waals surface area contributed by atoms with Crippen LogP contribution in [0.3, 0.4) is 0 Å². The summed E-state index contributed by atoms with van der Waals surface area (Å²) in [6.45, 7) is 0.363. The monoisotopic (exact) mass is 296 g/mol. The highest BCUT2D eigenvalue weighted by Gasteiger charge is 2.16. The lowest BCUT2D eigenvalue weighted by Gasteiger charge is -2.15. The van der Waals surface area contributed by atoms with Crippen LogP contribution in [-0.4, -0.2) is 32.6 Å². The molecule has 1 amide bonds. The molecule has 0 saturated carbocycles. The Morgan fingerprint density at radius 3 is 2.77 bits per heavy atom. The van der Waals surface area contributed by atoms with Crippen molar-refractivity contribution in [3.05, 3.63) is 60.4 Å². The Bertz CT molecular complexity index is 776. The van der Waals surface area contributed by atoms with Crippen LogP contribution < -0.4 is 0 Å². The fraction of sp³-hybridized carbons (Fsp3) is 0.188. The van der Waals surface area contributed by atoms with Crippen LogP contribution in [0.5, 0.6) is 0 Å².